The highest BCUT2D eigenvalue weighted by atomic mass is 16.3. The van der Waals surface area contributed by atoms with Gasteiger partial charge in [-0.1, -0.05) is 157 Å². The van der Waals surface area contributed by atoms with Crippen LogP contribution >= 0.6 is 0 Å². The van der Waals surface area contributed by atoms with Crippen LogP contribution in [0.5, 0.6) is 0 Å². The molecule has 0 bridgehead atoms. The maximum Gasteiger partial charge on any atom is 0.0642 e. The predicted octanol–water partition coefficient (Wildman–Crippen LogP) is 11.5. The zero-order chi connectivity index (χ0) is 30.7. The molecule has 0 unspecified atom stereocenters. The van der Waals surface area contributed by atoms with Crippen molar-refractivity contribution in [3.05, 3.63) is 154 Å². The quantitative estimate of drug-likeness (QED) is 0.226. The monoisotopic (exact) mass is 550 g/mol. The molecule has 220 valence electrons. The highest BCUT2D eigenvalue weighted by Gasteiger charge is 2.26. The van der Waals surface area contributed by atoms with Gasteiger partial charge in [0.25, 0.3) is 0 Å². The summed E-state index contributed by atoms with van der Waals surface area (Å²) in [7, 11) is 0. The van der Waals surface area contributed by atoms with Crippen LogP contribution in [0.25, 0.3) is 0 Å². The second-order valence-corrected chi connectivity index (χ2v) is 11.8. The lowest BCUT2D eigenvalue weighted by molar-refractivity contribution is 0.331. The van der Waals surface area contributed by atoms with E-state index in [2.05, 4.69) is 147 Å². The van der Waals surface area contributed by atoms with E-state index >= 15 is 0 Å². The van der Waals surface area contributed by atoms with Crippen molar-refractivity contribution in [2.75, 3.05) is 6.61 Å². The summed E-state index contributed by atoms with van der Waals surface area (Å²) in [6.07, 6.45) is 41.7. The van der Waals surface area contributed by atoms with Gasteiger partial charge < -0.3 is 5.11 Å². The van der Waals surface area contributed by atoms with E-state index in [9.17, 15) is 0 Å². The van der Waals surface area contributed by atoms with Crippen LogP contribution in [-0.4, -0.2) is 11.7 Å². The third kappa shape index (κ3) is 16.4. The molecule has 0 saturated heterocycles. The molecule has 0 spiro atoms. The van der Waals surface area contributed by atoms with E-state index in [1.165, 1.54) is 52.7 Å². The minimum atomic E-state index is 0.0950. The number of rotatable bonds is 13. The maximum absolute atomic E-state index is 9.02. The van der Waals surface area contributed by atoms with Gasteiger partial charge in [-0.25, -0.2) is 0 Å². The van der Waals surface area contributed by atoms with Crippen molar-refractivity contribution < 1.29 is 5.11 Å². The van der Waals surface area contributed by atoms with Crippen LogP contribution in [0.1, 0.15) is 81.6 Å². The lowest BCUT2D eigenvalue weighted by Crippen LogP contribution is -2.19. The standard InChI is InChI=1S/C40H54O/c1-32(19-12-21-34(3)22-13-23-35(4)24-15-26-37(6)31-41)17-10-11-18-33(2)20-14-25-36(5)28-29-39-38(7)27-16-30-40(39,8)9/h10-15,17-26,28-29,41H,16,27,30-31H2,1-9H3. The second kappa shape index (κ2) is 19.6. The van der Waals surface area contributed by atoms with E-state index in [0.717, 1.165) is 11.1 Å². The Kier molecular flexibility index (Phi) is 17.0. The molecule has 0 aromatic heterocycles. The van der Waals surface area contributed by atoms with E-state index in [-0.39, 0.29) is 12.0 Å². The molecule has 1 N–H and O–H groups in total. The van der Waals surface area contributed by atoms with Crippen molar-refractivity contribution in [1.29, 1.82) is 0 Å². The summed E-state index contributed by atoms with van der Waals surface area (Å²) in [5.74, 6) is 0. The molecule has 41 heavy (non-hydrogen) atoms. The van der Waals surface area contributed by atoms with Gasteiger partial charge in [0, 0.05) is 0 Å². The second-order valence-electron chi connectivity index (χ2n) is 11.8. The Morgan fingerprint density at radius 2 is 1.00 bits per heavy atom. The summed E-state index contributed by atoms with van der Waals surface area (Å²) < 4.78 is 0. The molecule has 1 nitrogen and oxygen atoms in total. The van der Waals surface area contributed by atoms with Crippen molar-refractivity contribution in [2.45, 2.75) is 81.6 Å². The molecular formula is C40H54O. The first-order valence-electron chi connectivity index (χ1n) is 14.8. The lowest BCUT2D eigenvalue weighted by Gasteiger charge is -2.32. The smallest absolute Gasteiger partial charge is 0.0642 e. The van der Waals surface area contributed by atoms with E-state index in [4.69, 9.17) is 5.11 Å². The molecule has 1 rings (SSSR count). The molecule has 0 aromatic rings. The maximum atomic E-state index is 9.02. The fraction of sp³-hybridized carbons (Fsp3) is 0.350. The summed E-state index contributed by atoms with van der Waals surface area (Å²) in [4.78, 5) is 0. The fourth-order valence-corrected chi connectivity index (χ4v) is 4.39. The van der Waals surface area contributed by atoms with Crippen LogP contribution < -0.4 is 0 Å². The van der Waals surface area contributed by atoms with Gasteiger partial charge in [0.15, 0.2) is 0 Å². The molecular weight excluding hydrogens is 496 g/mol. The molecule has 0 heterocycles. The number of aliphatic hydroxyl groups excluding tert-OH is 1. The highest BCUT2D eigenvalue weighted by molar-refractivity contribution is 5.37. The first-order valence-corrected chi connectivity index (χ1v) is 14.8. The van der Waals surface area contributed by atoms with Gasteiger partial charge in [-0.2, -0.15) is 0 Å². The molecule has 0 fully saturated rings. The Morgan fingerprint density at radius 3 is 1.41 bits per heavy atom. The van der Waals surface area contributed by atoms with Gasteiger partial charge in [0.05, 0.1) is 6.61 Å². The molecule has 0 aromatic carbocycles. The summed E-state index contributed by atoms with van der Waals surface area (Å²) in [6, 6.07) is 0. The first-order chi connectivity index (χ1) is 19.4. The molecule has 0 atom stereocenters. The number of aliphatic hydroxyl groups is 1. The minimum absolute atomic E-state index is 0.0950. The molecule has 0 amide bonds. The van der Waals surface area contributed by atoms with Gasteiger partial charge in [0.1, 0.15) is 0 Å². The van der Waals surface area contributed by atoms with Gasteiger partial charge >= 0.3 is 0 Å². The lowest BCUT2D eigenvalue weighted by atomic mass is 9.72. The van der Waals surface area contributed by atoms with E-state index < -0.39 is 0 Å². The topological polar surface area (TPSA) is 20.2 Å². The van der Waals surface area contributed by atoms with E-state index in [1.807, 2.05) is 25.2 Å². The number of hydrogen-bond donors (Lipinski definition) is 1. The minimum Gasteiger partial charge on any atom is -0.392 e. The largest absolute Gasteiger partial charge is 0.392 e. The van der Waals surface area contributed by atoms with Gasteiger partial charge in [-0.05, 0) is 84.3 Å². The summed E-state index contributed by atoms with van der Waals surface area (Å²) in [5, 5.41) is 9.02. The molecule has 0 aliphatic heterocycles. The SMILES string of the molecule is CC(C=CC=C(C)C=CC=C(C)C=CC=C(C)CO)=CC=CC=C(C)C=CC=C(C)C=CC1=C(C)CCCC1(C)C. The average molecular weight is 551 g/mol. The van der Waals surface area contributed by atoms with Crippen LogP contribution in [0.2, 0.25) is 0 Å². The van der Waals surface area contributed by atoms with Crippen molar-refractivity contribution in [3.8, 4) is 0 Å². The van der Waals surface area contributed by atoms with Crippen LogP contribution in [0, 0.1) is 5.41 Å². The van der Waals surface area contributed by atoms with Crippen LogP contribution in [0.3, 0.4) is 0 Å². The zero-order valence-corrected chi connectivity index (χ0v) is 27.2. The Hall–Kier alpha value is -3.42. The zero-order valence-electron chi connectivity index (χ0n) is 27.2. The average Bonchev–Trinajstić information content (AvgIpc) is 2.90. The van der Waals surface area contributed by atoms with Crippen molar-refractivity contribution in [3.63, 3.8) is 0 Å². The van der Waals surface area contributed by atoms with Crippen LogP contribution in [-0.2, 0) is 0 Å². The third-order valence-corrected chi connectivity index (χ3v) is 7.03. The molecule has 1 aliphatic rings. The Balaban J connectivity index is 2.60. The van der Waals surface area contributed by atoms with Gasteiger partial charge in [-0.3, -0.25) is 0 Å². The highest BCUT2D eigenvalue weighted by Crippen LogP contribution is 2.40. The van der Waals surface area contributed by atoms with Crippen molar-refractivity contribution in [2.24, 2.45) is 5.41 Å². The normalized spacial score (nSPS) is 19.2. The Labute approximate surface area is 252 Å². The first kappa shape index (κ1) is 35.6. The number of hydrogen-bond acceptors (Lipinski definition) is 1. The predicted molar refractivity (Wildman–Crippen MR) is 185 cm³/mol. The summed E-state index contributed by atoms with van der Waals surface area (Å²) in [6.45, 7) is 19.6. The van der Waals surface area contributed by atoms with Crippen molar-refractivity contribution in [1.82, 2.24) is 0 Å². The number of allylic oxidation sites excluding steroid dienone is 25. The summed E-state index contributed by atoms with van der Waals surface area (Å²) in [5.41, 5.74) is 10.3. The van der Waals surface area contributed by atoms with Crippen LogP contribution in [0.15, 0.2) is 154 Å². The third-order valence-electron chi connectivity index (χ3n) is 7.03. The molecule has 0 saturated carbocycles. The van der Waals surface area contributed by atoms with Crippen LogP contribution in [0.4, 0.5) is 0 Å². The summed E-state index contributed by atoms with van der Waals surface area (Å²) >= 11 is 0. The van der Waals surface area contributed by atoms with Gasteiger partial charge in [0.2, 0.25) is 0 Å². The Morgan fingerprint density at radius 1 is 0.610 bits per heavy atom. The Bertz CT molecular complexity index is 1250. The molecule has 0 radical (unpaired) electrons. The van der Waals surface area contributed by atoms with E-state index in [0.29, 0.717) is 0 Å². The fourth-order valence-electron chi connectivity index (χ4n) is 4.39. The molecule has 1 heteroatoms. The van der Waals surface area contributed by atoms with E-state index in [1.54, 1.807) is 0 Å². The van der Waals surface area contributed by atoms with Gasteiger partial charge in [-0.15, -0.1) is 0 Å². The molecule has 1 aliphatic carbocycles. The van der Waals surface area contributed by atoms with Crippen molar-refractivity contribution >= 4 is 0 Å².